The molecule has 21 heavy (non-hydrogen) atoms. The zero-order valence-electron chi connectivity index (χ0n) is 10.7. The Balaban J connectivity index is 1.94. The number of thioether (sulfide) groups is 1. The Bertz CT molecular complexity index is 682. The molecule has 0 bridgehead atoms. The summed E-state index contributed by atoms with van der Waals surface area (Å²) in [4.78, 5) is 12.3. The van der Waals surface area contributed by atoms with Gasteiger partial charge in [-0.2, -0.15) is 0 Å². The van der Waals surface area contributed by atoms with Crippen molar-refractivity contribution in [2.24, 2.45) is 0 Å². The van der Waals surface area contributed by atoms with Crippen LogP contribution in [0.5, 0.6) is 0 Å². The Labute approximate surface area is 129 Å². The fourth-order valence-corrected chi connectivity index (χ4v) is 2.45. The van der Waals surface area contributed by atoms with Crippen LogP contribution in [0.15, 0.2) is 41.3 Å². The fourth-order valence-electron chi connectivity index (χ4n) is 1.55. The Morgan fingerprint density at radius 3 is 2.62 bits per heavy atom. The van der Waals surface area contributed by atoms with E-state index in [0.717, 1.165) is 23.9 Å². The highest BCUT2D eigenvalue weighted by atomic mass is 35.5. The highest BCUT2D eigenvalue weighted by Gasteiger charge is 2.08. The van der Waals surface area contributed by atoms with E-state index in [2.05, 4.69) is 5.32 Å². The number of rotatable bonds is 4. The van der Waals surface area contributed by atoms with Gasteiger partial charge < -0.3 is 11.1 Å². The summed E-state index contributed by atoms with van der Waals surface area (Å²) in [6.45, 7) is 0. The summed E-state index contributed by atoms with van der Waals surface area (Å²) >= 11 is 6.85. The second-order valence-electron chi connectivity index (χ2n) is 4.14. The molecule has 0 spiro atoms. The van der Waals surface area contributed by atoms with Gasteiger partial charge in [0.05, 0.1) is 17.1 Å². The molecule has 0 saturated carbocycles. The van der Waals surface area contributed by atoms with E-state index in [0.29, 0.717) is 21.3 Å². The molecule has 0 aliphatic carbocycles. The molecule has 1 amide bonds. The van der Waals surface area contributed by atoms with Gasteiger partial charge in [0.25, 0.3) is 0 Å². The van der Waals surface area contributed by atoms with E-state index in [4.69, 9.17) is 17.3 Å². The molecule has 2 rings (SSSR count). The van der Waals surface area contributed by atoms with Crippen molar-refractivity contribution in [1.82, 2.24) is 0 Å². The van der Waals surface area contributed by atoms with Crippen LogP contribution >= 0.6 is 23.4 Å². The number of hydrogen-bond donors (Lipinski definition) is 2. The predicted octanol–water partition coefficient (Wildman–Crippen LogP) is 3.93. The lowest BCUT2D eigenvalue weighted by Gasteiger charge is -2.08. The van der Waals surface area contributed by atoms with Crippen LogP contribution in [0.3, 0.4) is 0 Å². The summed E-state index contributed by atoms with van der Waals surface area (Å²) in [7, 11) is 0. The number of nitrogens with one attached hydrogen (secondary N) is 1. The molecule has 0 aliphatic rings. The predicted molar refractivity (Wildman–Crippen MR) is 81.6 cm³/mol. The van der Waals surface area contributed by atoms with E-state index in [1.807, 2.05) is 0 Å². The molecule has 0 radical (unpaired) electrons. The Morgan fingerprint density at radius 2 is 1.95 bits per heavy atom. The minimum Gasteiger partial charge on any atom is -0.397 e. The third-order valence-corrected chi connectivity index (χ3v) is 3.78. The van der Waals surface area contributed by atoms with Crippen LogP contribution in [0.25, 0.3) is 0 Å². The lowest BCUT2D eigenvalue weighted by atomic mass is 10.2. The maximum absolute atomic E-state index is 13.0. The van der Waals surface area contributed by atoms with E-state index in [1.54, 1.807) is 12.1 Å². The second-order valence-corrected chi connectivity index (χ2v) is 5.63. The standard InChI is InChI=1S/C14H11ClF2N2OS/c15-8-1-4-13(12(18)5-8)19-14(20)7-21-9-2-3-10(16)11(17)6-9/h1-6H,7,18H2,(H,19,20). The molecule has 7 heteroatoms. The van der Waals surface area contributed by atoms with Gasteiger partial charge in [-0.1, -0.05) is 11.6 Å². The first-order chi connectivity index (χ1) is 9.95. The van der Waals surface area contributed by atoms with Crippen molar-refractivity contribution in [2.45, 2.75) is 4.90 Å². The minimum atomic E-state index is -0.942. The first-order valence-corrected chi connectivity index (χ1v) is 7.25. The number of nitrogens with two attached hydrogens (primary N) is 1. The minimum absolute atomic E-state index is 0.0487. The van der Waals surface area contributed by atoms with Crippen molar-refractivity contribution in [3.05, 3.63) is 53.1 Å². The monoisotopic (exact) mass is 328 g/mol. The maximum atomic E-state index is 13.0. The smallest absolute Gasteiger partial charge is 0.234 e. The van der Waals surface area contributed by atoms with Crippen molar-refractivity contribution in [3.63, 3.8) is 0 Å². The van der Waals surface area contributed by atoms with Crippen LogP contribution in [0.1, 0.15) is 0 Å². The summed E-state index contributed by atoms with van der Waals surface area (Å²) in [5, 5.41) is 3.10. The van der Waals surface area contributed by atoms with Gasteiger partial charge in [0.15, 0.2) is 11.6 Å². The van der Waals surface area contributed by atoms with Crippen LogP contribution in [0.4, 0.5) is 20.2 Å². The largest absolute Gasteiger partial charge is 0.397 e. The summed E-state index contributed by atoms with van der Waals surface area (Å²) in [6.07, 6.45) is 0. The van der Waals surface area contributed by atoms with Crippen molar-refractivity contribution >= 4 is 40.6 Å². The van der Waals surface area contributed by atoms with Gasteiger partial charge >= 0.3 is 0 Å². The molecule has 3 nitrogen and oxygen atoms in total. The quantitative estimate of drug-likeness (QED) is 0.660. The Hall–Kier alpha value is -1.79. The number of carbonyl (C=O) groups is 1. The molecule has 3 N–H and O–H groups in total. The normalized spacial score (nSPS) is 10.4. The number of benzene rings is 2. The molecule has 110 valence electrons. The lowest BCUT2D eigenvalue weighted by Crippen LogP contribution is -2.15. The highest BCUT2D eigenvalue weighted by Crippen LogP contribution is 2.24. The molecule has 0 aromatic heterocycles. The molecule has 2 aromatic carbocycles. The van der Waals surface area contributed by atoms with E-state index < -0.39 is 11.6 Å². The van der Waals surface area contributed by atoms with Crippen molar-refractivity contribution in [1.29, 1.82) is 0 Å². The Kier molecular flexibility index (Phi) is 5.03. The van der Waals surface area contributed by atoms with E-state index in [-0.39, 0.29) is 11.7 Å². The zero-order valence-corrected chi connectivity index (χ0v) is 12.3. The van der Waals surface area contributed by atoms with E-state index in [9.17, 15) is 13.6 Å². The summed E-state index contributed by atoms with van der Waals surface area (Å²) in [6, 6.07) is 8.21. The fraction of sp³-hybridized carbons (Fsp3) is 0.0714. The van der Waals surface area contributed by atoms with Crippen LogP contribution in [0.2, 0.25) is 5.02 Å². The molecule has 0 atom stereocenters. The lowest BCUT2D eigenvalue weighted by molar-refractivity contribution is -0.113. The number of anilines is 2. The summed E-state index contributed by atoms with van der Waals surface area (Å²) in [5.74, 6) is -2.12. The average Bonchev–Trinajstić information content (AvgIpc) is 2.43. The third kappa shape index (κ3) is 4.34. The molecule has 0 aliphatic heterocycles. The van der Waals surface area contributed by atoms with Crippen LogP contribution in [-0.4, -0.2) is 11.7 Å². The average molecular weight is 329 g/mol. The van der Waals surface area contributed by atoms with Crippen LogP contribution in [0, 0.1) is 11.6 Å². The molecule has 2 aromatic rings. The first kappa shape index (κ1) is 15.6. The van der Waals surface area contributed by atoms with E-state index >= 15 is 0 Å². The van der Waals surface area contributed by atoms with Crippen molar-refractivity contribution in [2.75, 3.05) is 16.8 Å². The number of amides is 1. The summed E-state index contributed by atoms with van der Waals surface area (Å²) < 4.78 is 25.8. The zero-order chi connectivity index (χ0) is 15.4. The van der Waals surface area contributed by atoms with Crippen molar-refractivity contribution in [3.8, 4) is 0 Å². The molecule has 0 heterocycles. The number of hydrogen-bond acceptors (Lipinski definition) is 3. The topological polar surface area (TPSA) is 55.1 Å². The summed E-state index contributed by atoms with van der Waals surface area (Å²) in [5.41, 5.74) is 6.53. The molecule has 0 fully saturated rings. The first-order valence-electron chi connectivity index (χ1n) is 5.88. The van der Waals surface area contributed by atoms with Gasteiger partial charge in [-0.05, 0) is 36.4 Å². The van der Waals surface area contributed by atoms with Crippen LogP contribution < -0.4 is 11.1 Å². The van der Waals surface area contributed by atoms with Crippen LogP contribution in [-0.2, 0) is 4.79 Å². The van der Waals surface area contributed by atoms with Gasteiger partial charge in [0.2, 0.25) is 5.91 Å². The SMILES string of the molecule is Nc1cc(Cl)ccc1NC(=O)CSc1ccc(F)c(F)c1. The molecule has 0 saturated heterocycles. The molecule has 0 unspecified atom stereocenters. The highest BCUT2D eigenvalue weighted by molar-refractivity contribution is 8.00. The van der Waals surface area contributed by atoms with Crippen molar-refractivity contribution < 1.29 is 13.6 Å². The van der Waals surface area contributed by atoms with Gasteiger partial charge in [0, 0.05) is 9.92 Å². The third-order valence-electron chi connectivity index (χ3n) is 2.55. The van der Waals surface area contributed by atoms with Gasteiger partial charge in [0.1, 0.15) is 0 Å². The molecular weight excluding hydrogens is 318 g/mol. The second kappa shape index (κ2) is 6.78. The Morgan fingerprint density at radius 1 is 1.19 bits per heavy atom. The number of halogens is 3. The van der Waals surface area contributed by atoms with E-state index in [1.165, 1.54) is 12.1 Å². The number of carbonyl (C=O) groups excluding carboxylic acids is 1. The van der Waals surface area contributed by atoms with Gasteiger partial charge in [-0.3, -0.25) is 4.79 Å². The molecular formula is C14H11ClF2N2OS. The van der Waals surface area contributed by atoms with Gasteiger partial charge in [-0.15, -0.1) is 11.8 Å². The van der Waals surface area contributed by atoms with Gasteiger partial charge in [-0.25, -0.2) is 8.78 Å². The number of nitrogen functional groups attached to an aromatic ring is 1. The maximum Gasteiger partial charge on any atom is 0.234 e.